The van der Waals surface area contributed by atoms with Crippen LogP contribution < -0.4 is 4.90 Å². The van der Waals surface area contributed by atoms with Crippen molar-refractivity contribution in [3.05, 3.63) is 77.6 Å². The van der Waals surface area contributed by atoms with Crippen LogP contribution in [0.25, 0.3) is 11.1 Å². The summed E-state index contributed by atoms with van der Waals surface area (Å²) in [4.78, 5) is 23.0. The summed E-state index contributed by atoms with van der Waals surface area (Å²) in [6.07, 6.45) is 3.70. The summed E-state index contributed by atoms with van der Waals surface area (Å²) in [5.74, 6) is -0.293. The molecule has 1 aliphatic heterocycles. The molecule has 4 nitrogen and oxygen atoms in total. The summed E-state index contributed by atoms with van der Waals surface area (Å²) in [5, 5.41) is 0. The highest BCUT2D eigenvalue weighted by molar-refractivity contribution is 6.01. The molecule has 0 saturated carbocycles. The summed E-state index contributed by atoms with van der Waals surface area (Å²) in [7, 11) is 0. The van der Waals surface area contributed by atoms with Crippen LogP contribution in [0.4, 0.5) is 10.1 Å². The summed E-state index contributed by atoms with van der Waals surface area (Å²) in [6, 6.07) is 12.1. The molecule has 124 valence electrons. The zero-order chi connectivity index (χ0) is 17.4. The van der Waals surface area contributed by atoms with Gasteiger partial charge in [-0.1, -0.05) is 18.2 Å². The van der Waals surface area contributed by atoms with Crippen molar-refractivity contribution < 1.29 is 9.18 Å². The lowest BCUT2D eigenvalue weighted by molar-refractivity contribution is -0.117. The third-order valence-corrected chi connectivity index (χ3v) is 4.44. The number of nitrogens with zero attached hydrogens (tertiary/aromatic N) is 3. The van der Waals surface area contributed by atoms with Crippen LogP contribution in [0.1, 0.15) is 17.0 Å². The number of hydrogen-bond acceptors (Lipinski definition) is 3. The van der Waals surface area contributed by atoms with E-state index < -0.39 is 0 Å². The number of carbonyl (C=O) groups excluding carboxylic acids is 1. The Morgan fingerprint density at radius 1 is 1.12 bits per heavy atom. The van der Waals surface area contributed by atoms with Crippen molar-refractivity contribution in [2.45, 2.75) is 19.9 Å². The fourth-order valence-corrected chi connectivity index (χ4v) is 3.06. The fraction of sp³-hybridized carbons (Fsp3) is 0.150. The number of hydrogen-bond donors (Lipinski definition) is 0. The minimum atomic E-state index is -0.296. The first-order chi connectivity index (χ1) is 12.1. The molecule has 1 amide bonds. The Morgan fingerprint density at radius 2 is 2.00 bits per heavy atom. The first-order valence-corrected chi connectivity index (χ1v) is 8.07. The minimum absolute atomic E-state index is 0.00365. The van der Waals surface area contributed by atoms with Crippen LogP contribution in [-0.4, -0.2) is 15.9 Å². The Balaban J connectivity index is 1.72. The molecule has 0 spiro atoms. The zero-order valence-corrected chi connectivity index (χ0v) is 13.7. The van der Waals surface area contributed by atoms with Crippen LogP contribution in [0.2, 0.25) is 0 Å². The SMILES string of the molecule is Cc1cccnc1CN1C(=O)Cc2ncc(-c3cccc(F)c3)cc21. The van der Waals surface area contributed by atoms with Crippen molar-refractivity contribution in [2.75, 3.05) is 4.90 Å². The number of aryl methyl sites for hydroxylation is 1. The average molecular weight is 333 g/mol. The molecular weight excluding hydrogens is 317 g/mol. The van der Waals surface area contributed by atoms with Gasteiger partial charge in [0.05, 0.1) is 30.0 Å². The topological polar surface area (TPSA) is 46.1 Å². The zero-order valence-electron chi connectivity index (χ0n) is 13.7. The molecule has 1 aromatic carbocycles. The van der Waals surface area contributed by atoms with Crippen LogP contribution in [0, 0.1) is 12.7 Å². The average Bonchev–Trinajstić information content (AvgIpc) is 2.92. The molecule has 0 bridgehead atoms. The number of benzene rings is 1. The molecular formula is C20H16FN3O. The summed E-state index contributed by atoms with van der Waals surface area (Å²) in [5.41, 5.74) is 4.95. The monoisotopic (exact) mass is 333 g/mol. The van der Waals surface area contributed by atoms with E-state index in [0.717, 1.165) is 33.8 Å². The van der Waals surface area contributed by atoms with E-state index in [4.69, 9.17) is 0 Å². The number of aromatic nitrogens is 2. The van der Waals surface area contributed by atoms with Gasteiger partial charge in [-0.25, -0.2) is 4.39 Å². The van der Waals surface area contributed by atoms with E-state index in [1.54, 1.807) is 23.4 Å². The molecule has 0 unspecified atom stereocenters. The van der Waals surface area contributed by atoms with Gasteiger partial charge in [0.1, 0.15) is 5.82 Å². The van der Waals surface area contributed by atoms with Crippen molar-refractivity contribution >= 4 is 11.6 Å². The Bertz CT molecular complexity index is 971. The smallest absolute Gasteiger partial charge is 0.233 e. The van der Waals surface area contributed by atoms with Gasteiger partial charge in [-0.15, -0.1) is 0 Å². The Labute approximate surface area is 145 Å². The fourth-order valence-electron chi connectivity index (χ4n) is 3.06. The normalized spacial score (nSPS) is 13.2. The standard InChI is InChI=1S/C20H16FN3O/c1-13-4-3-7-22-18(13)12-24-19-9-15(11-23-17(19)10-20(24)25)14-5-2-6-16(21)8-14/h2-9,11H,10,12H2,1H3. The van der Waals surface area contributed by atoms with Crippen LogP contribution in [0.3, 0.4) is 0 Å². The molecule has 3 aromatic rings. The van der Waals surface area contributed by atoms with Gasteiger partial charge in [-0.05, 0) is 42.3 Å². The molecule has 0 saturated heterocycles. The van der Waals surface area contributed by atoms with Gasteiger partial charge < -0.3 is 4.90 Å². The third kappa shape index (κ3) is 2.89. The maximum absolute atomic E-state index is 13.5. The number of amides is 1. The van der Waals surface area contributed by atoms with Gasteiger partial charge in [0.25, 0.3) is 0 Å². The van der Waals surface area contributed by atoms with Crippen molar-refractivity contribution in [2.24, 2.45) is 0 Å². The highest BCUT2D eigenvalue weighted by Gasteiger charge is 2.29. The largest absolute Gasteiger partial charge is 0.304 e. The van der Waals surface area contributed by atoms with Crippen molar-refractivity contribution in [3.63, 3.8) is 0 Å². The van der Waals surface area contributed by atoms with Crippen molar-refractivity contribution in [1.82, 2.24) is 9.97 Å². The Hall–Kier alpha value is -3.08. The van der Waals surface area contributed by atoms with Crippen LogP contribution in [-0.2, 0) is 17.8 Å². The second-order valence-corrected chi connectivity index (χ2v) is 6.12. The molecule has 4 rings (SSSR count). The highest BCUT2D eigenvalue weighted by Crippen LogP contribution is 2.33. The maximum atomic E-state index is 13.5. The first-order valence-electron chi connectivity index (χ1n) is 8.07. The lowest BCUT2D eigenvalue weighted by Crippen LogP contribution is -2.26. The molecule has 1 aliphatic rings. The first kappa shape index (κ1) is 15.4. The van der Waals surface area contributed by atoms with Gasteiger partial charge >= 0.3 is 0 Å². The van der Waals surface area contributed by atoms with Gasteiger partial charge in [-0.2, -0.15) is 0 Å². The number of pyridine rings is 2. The Morgan fingerprint density at radius 3 is 2.80 bits per heavy atom. The van der Waals surface area contributed by atoms with Gasteiger partial charge in [0.15, 0.2) is 0 Å². The number of rotatable bonds is 3. The van der Waals surface area contributed by atoms with E-state index in [0.29, 0.717) is 6.54 Å². The number of halogens is 1. The maximum Gasteiger partial charge on any atom is 0.233 e. The highest BCUT2D eigenvalue weighted by atomic mass is 19.1. The van der Waals surface area contributed by atoms with Crippen LogP contribution >= 0.6 is 0 Å². The quantitative estimate of drug-likeness (QED) is 0.734. The van der Waals surface area contributed by atoms with E-state index in [1.165, 1.54) is 12.1 Å². The molecule has 0 fully saturated rings. The number of anilines is 1. The molecule has 3 heterocycles. The van der Waals surface area contributed by atoms with Gasteiger partial charge in [-0.3, -0.25) is 14.8 Å². The lowest BCUT2D eigenvalue weighted by Gasteiger charge is -2.18. The van der Waals surface area contributed by atoms with E-state index in [1.807, 2.05) is 31.2 Å². The van der Waals surface area contributed by atoms with Crippen LogP contribution in [0.15, 0.2) is 54.9 Å². The minimum Gasteiger partial charge on any atom is -0.304 e. The molecule has 25 heavy (non-hydrogen) atoms. The van der Waals surface area contributed by atoms with E-state index >= 15 is 0 Å². The second-order valence-electron chi connectivity index (χ2n) is 6.12. The van der Waals surface area contributed by atoms with E-state index in [9.17, 15) is 9.18 Å². The summed E-state index contributed by atoms with van der Waals surface area (Å²) < 4.78 is 13.5. The predicted octanol–water partition coefficient (Wildman–Crippen LogP) is 3.68. The number of fused-ring (bicyclic) bond motifs is 1. The predicted molar refractivity (Wildman–Crippen MR) is 93.5 cm³/mol. The second kappa shape index (κ2) is 6.09. The molecule has 2 aromatic heterocycles. The molecule has 5 heteroatoms. The van der Waals surface area contributed by atoms with Gasteiger partial charge in [0, 0.05) is 18.0 Å². The lowest BCUT2D eigenvalue weighted by atomic mass is 10.1. The number of carbonyl (C=O) groups is 1. The molecule has 0 radical (unpaired) electrons. The molecule has 0 atom stereocenters. The van der Waals surface area contributed by atoms with E-state index in [-0.39, 0.29) is 18.1 Å². The Kier molecular flexibility index (Phi) is 3.76. The summed E-state index contributed by atoms with van der Waals surface area (Å²) >= 11 is 0. The van der Waals surface area contributed by atoms with Crippen molar-refractivity contribution in [3.8, 4) is 11.1 Å². The summed E-state index contributed by atoms with van der Waals surface area (Å²) in [6.45, 7) is 2.39. The third-order valence-electron chi connectivity index (χ3n) is 4.44. The molecule has 0 N–H and O–H groups in total. The van der Waals surface area contributed by atoms with Crippen molar-refractivity contribution in [1.29, 1.82) is 0 Å². The molecule has 0 aliphatic carbocycles. The van der Waals surface area contributed by atoms with E-state index in [2.05, 4.69) is 9.97 Å². The van der Waals surface area contributed by atoms with Crippen LogP contribution in [0.5, 0.6) is 0 Å². The van der Waals surface area contributed by atoms with Gasteiger partial charge in [0.2, 0.25) is 5.91 Å².